The number of alkyl halides is 6. The van der Waals surface area contributed by atoms with Gasteiger partial charge in [-0.05, 0) is 41.5 Å². The van der Waals surface area contributed by atoms with Gasteiger partial charge >= 0.3 is 18.3 Å². The lowest BCUT2D eigenvalue weighted by atomic mass is 9.98. The molecule has 0 unspecified atom stereocenters. The van der Waals surface area contributed by atoms with Crippen LogP contribution in [0.25, 0.3) is 0 Å². The molecule has 0 atom stereocenters. The summed E-state index contributed by atoms with van der Waals surface area (Å²) in [5, 5.41) is 11.1. The average Bonchev–Trinajstić information content (AvgIpc) is 2.81. The Morgan fingerprint density at radius 3 is 1.66 bits per heavy atom. The molecule has 35 heavy (non-hydrogen) atoms. The summed E-state index contributed by atoms with van der Waals surface area (Å²) >= 11 is 0. The predicted octanol–water partition coefficient (Wildman–Crippen LogP) is 6.59. The summed E-state index contributed by atoms with van der Waals surface area (Å²) in [6, 6.07) is 10.4. The number of halogens is 6. The summed E-state index contributed by atoms with van der Waals surface area (Å²) in [5.41, 5.74) is -2.50. The molecule has 6 nitrogen and oxygen atoms in total. The zero-order valence-corrected chi connectivity index (χ0v) is 17.7. The zero-order valence-electron chi connectivity index (χ0n) is 17.7. The summed E-state index contributed by atoms with van der Waals surface area (Å²) < 4.78 is 88.4. The van der Waals surface area contributed by atoms with Crippen LogP contribution in [0.2, 0.25) is 0 Å². The Kier molecular flexibility index (Phi) is 7.04. The van der Waals surface area contributed by atoms with Crippen molar-refractivity contribution in [3.05, 3.63) is 105 Å². The van der Waals surface area contributed by atoms with Gasteiger partial charge in [0.15, 0.2) is 0 Å². The Labute approximate surface area is 193 Å². The number of esters is 1. The van der Waals surface area contributed by atoms with Gasteiger partial charge in [-0.15, -0.1) is 0 Å². The molecule has 0 radical (unpaired) electrons. The van der Waals surface area contributed by atoms with E-state index in [0.717, 1.165) is 73.8 Å². The average molecular weight is 499 g/mol. The molecule has 0 aliphatic carbocycles. The molecule has 0 N–H and O–H groups in total. The number of non-ortho nitro benzene ring substituents is 1. The molecule has 0 aliphatic heterocycles. The molecule has 0 spiro atoms. The molecule has 0 saturated heterocycles. The number of ether oxygens (including phenoxy) is 2. The van der Waals surface area contributed by atoms with E-state index >= 15 is 0 Å². The van der Waals surface area contributed by atoms with Gasteiger partial charge in [0.25, 0.3) is 5.69 Å². The lowest BCUT2D eigenvalue weighted by molar-refractivity contribution is -0.384. The van der Waals surface area contributed by atoms with Gasteiger partial charge in [-0.25, -0.2) is 4.79 Å². The lowest BCUT2D eigenvalue weighted by Crippen LogP contribution is -2.14. The number of rotatable bonds is 6. The van der Waals surface area contributed by atoms with Crippen LogP contribution in [0.3, 0.4) is 0 Å². The Bertz CT molecular complexity index is 1160. The van der Waals surface area contributed by atoms with E-state index in [9.17, 15) is 41.3 Å². The number of carbonyl (C=O) groups excluding carboxylic acids is 1. The van der Waals surface area contributed by atoms with Crippen molar-refractivity contribution in [1.29, 1.82) is 0 Å². The van der Waals surface area contributed by atoms with Crippen molar-refractivity contribution in [2.24, 2.45) is 0 Å². The summed E-state index contributed by atoms with van der Waals surface area (Å²) in [5.74, 6) is -1.23. The molecule has 12 heteroatoms. The Morgan fingerprint density at radius 1 is 0.829 bits per heavy atom. The first-order valence-corrected chi connectivity index (χ1v) is 9.69. The fraction of sp³-hybridized carbons (Fsp3) is 0.174. The quantitative estimate of drug-likeness (QED) is 0.166. The molecule has 0 bridgehead atoms. The number of nitro groups is 1. The van der Waals surface area contributed by atoms with E-state index in [4.69, 9.17) is 4.74 Å². The van der Waals surface area contributed by atoms with Crippen molar-refractivity contribution in [2.45, 2.75) is 18.5 Å². The fourth-order valence-corrected chi connectivity index (χ4v) is 3.15. The van der Waals surface area contributed by atoms with Gasteiger partial charge in [-0.3, -0.25) is 10.1 Å². The molecular formula is C23H15F6NO5. The van der Waals surface area contributed by atoms with Crippen molar-refractivity contribution in [3.8, 4) is 5.75 Å². The second-order valence-corrected chi connectivity index (χ2v) is 7.17. The Balaban J connectivity index is 2.10. The Hall–Kier alpha value is -4.09. The highest BCUT2D eigenvalue weighted by Crippen LogP contribution is 2.36. The zero-order chi connectivity index (χ0) is 26.0. The van der Waals surface area contributed by atoms with E-state index in [1.807, 2.05) is 0 Å². The molecule has 184 valence electrons. The monoisotopic (exact) mass is 499 g/mol. The molecule has 3 rings (SSSR count). The van der Waals surface area contributed by atoms with E-state index < -0.39 is 46.2 Å². The van der Waals surface area contributed by atoms with E-state index in [1.165, 1.54) is 0 Å². The smallest absolute Gasteiger partial charge is 0.416 e. The first-order valence-electron chi connectivity index (χ1n) is 9.69. The Morgan fingerprint density at radius 2 is 1.29 bits per heavy atom. The van der Waals surface area contributed by atoms with Crippen molar-refractivity contribution >= 4 is 11.7 Å². The van der Waals surface area contributed by atoms with Crippen LogP contribution in [0.1, 0.15) is 38.7 Å². The standard InChI is InChI=1S/C23H15F6NO5/c1-34-21(31)18-12-17(30(32)33)10-11-19(18)35-20(13-2-6-15(7-3-13)22(24,25)26)14-4-8-16(9-5-14)23(27,28)29/h2-12,20H,1H3. The van der Waals surface area contributed by atoms with E-state index in [0.29, 0.717) is 0 Å². The minimum Gasteiger partial charge on any atom is -0.480 e. The maximum Gasteiger partial charge on any atom is 0.416 e. The molecule has 3 aromatic rings. The normalized spacial score (nSPS) is 11.9. The summed E-state index contributed by atoms with van der Waals surface area (Å²) in [6.07, 6.45) is -10.5. The van der Waals surface area contributed by atoms with Gasteiger partial charge in [0.2, 0.25) is 0 Å². The second-order valence-electron chi connectivity index (χ2n) is 7.17. The maximum absolute atomic E-state index is 13.0. The first-order chi connectivity index (χ1) is 16.3. The molecule has 0 aromatic heterocycles. The summed E-state index contributed by atoms with van der Waals surface area (Å²) in [4.78, 5) is 22.5. The van der Waals surface area contributed by atoms with Crippen LogP contribution in [-0.2, 0) is 17.1 Å². The van der Waals surface area contributed by atoms with Gasteiger partial charge in [0.05, 0.1) is 23.2 Å². The van der Waals surface area contributed by atoms with Crippen LogP contribution in [0.5, 0.6) is 5.75 Å². The third kappa shape index (κ3) is 5.89. The van der Waals surface area contributed by atoms with E-state index in [2.05, 4.69) is 4.74 Å². The number of carbonyl (C=O) groups is 1. The van der Waals surface area contributed by atoms with Crippen LogP contribution >= 0.6 is 0 Å². The molecule has 0 aliphatic rings. The van der Waals surface area contributed by atoms with Crippen LogP contribution in [0.4, 0.5) is 32.0 Å². The van der Waals surface area contributed by atoms with Crippen LogP contribution in [0.15, 0.2) is 66.7 Å². The van der Waals surface area contributed by atoms with E-state index in [-0.39, 0.29) is 22.4 Å². The van der Waals surface area contributed by atoms with Gasteiger partial charge in [0.1, 0.15) is 17.4 Å². The minimum absolute atomic E-state index is 0.118. The third-order valence-electron chi connectivity index (χ3n) is 4.91. The van der Waals surface area contributed by atoms with Crippen LogP contribution < -0.4 is 4.74 Å². The van der Waals surface area contributed by atoms with Gasteiger partial charge in [-0.1, -0.05) is 24.3 Å². The number of hydrogen-bond acceptors (Lipinski definition) is 5. The molecule has 3 aromatic carbocycles. The SMILES string of the molecule is COC(=O)c1cc([N+](=O)[O-])ccc1OC(c1ccc(C(F)(F)F)cc1)c1ccc(C(F)(F)F)cc1. The third-order valence-corrected chi connectivity index (χ3v) is 4.91. The summed E-state index contributed by atoms with van der Waals surface area (Å²) in [7, 11) is 1.02. The second kappa shape index (κ2) is 9.65. The number of methoxy groups -OCH3 is 1. The number of nitrogens with zero attached hydrogens (tertiary/aromatic N) is 1. The molecule has 0 fully saturated rings. The molecule has 0 heterocycles. The first kappa shape index (κ1) is 25.5. The van der Waals surface area contributed by atoms with Gasteiger partial charge in [-0.2, -0.15) is 26.3 Å². The number of benzene rings is 3. The predicted molar refractivity (Wildman–Crippen MR) is 110 cm³/mol. The van der Waals surface area contributed by atoms with Gasteiger partial charge < -0.3 is 9.47 Å². The largest absolute Gasteiger partial charge is 0.480 e. The topological polar surface area (TPSA) is 78.7 Å². The van der Waals surface area contributed by atoms with Gasteiger partial charge in [0, 0.05) is 12.1 Å². The van der Waals surface area contributed by atoms with Crippen molar-refractivity contribution < 1.29 is 45.5 Å². The molecule has 0 amide bonds. The molecule has 0 saturated carbocycles. The van der Waals surface area contributed by atoms with E-state index in [1.54, 1.807) is 0 Å². The van der Waals surface area contributed by atoms with Crippen molar-refractivity contribution in [3.63, 3.8) is 0 Å². The van der Waals surface area contributed by atoms with Crippen LogP contribution in [0, 0.1) is 10.1 Å². The number of nitro benzene ring substituents is 1. The minimum atomic E-state index is -4.63. The lowest BCUT2D eigenvalue weighted by Gasteiger charge is -2.22. The maximum atomic E-state index is 13.0. The summed E-state index contributed by atoms with van der Waals surface area (Å²) in [6.45, 7) is 0. The highest BCUT2D eigenvalue weighted by atomic mass is 19.4. The fourth-order valence-electron chi connectivity index (χ4n) is 3.15. The highest BCUT2D eigenvalue weighted by molar-refractivity contribution is 5.93. The van der Waals surface area contributed by atoms with Crippen molar-refractivity contribution in [1.82, 2.24) is 0 Å². The number of hydrogen-bond donors (Lipinski definition) is 0. The van der Waals surface area contributed by atoms with Crippen LogP contribution in [-0.4, -0.2) is 18.0 Å². The molecular weight excluding hydrogens is 484 g/mol. The highest BCUT2D eigenvalue weighted by Gasteiger charge is 2.32. The van der Waals surface area contributed by atoms with Crippen molar-refractivity contribution in [2.75, 3.05) is 7.11 Å².